The maximum absolute atomic E-state index is 5.71. The van der Waals surface area contributed by atoms with E-state index in [1.807, 2.05) is 24.3 Å². The molecule has 1 aliphatic carbocycles. The lowest BCUT2D eigenvalue weighted by Crippen LogP contribution is -2.26. The molecule has 0 aromatic heterocycles. The molecule has 1 fully saturated rings. The van der Waals surface area contributed by atoms with E-state index in [0.29, 0.717) is 0 Å². The van der Waals surface area contributed by atoms with Crippen molar-refractivity contribution in [1.29, 1.82) is 0 Å². The van der Waals surface area contributed by atoms with E-state index in [9.17, 15) is 0 Å². The van der Waals surface area contributed by atoms with E-state index < -0.39 is 0 Å². The summed E-state index contributed by atoms with van der Waals surface area (Å²) in [6, 6.07) is 7.89. The Kier molecular flexibility index (Phi) is 6.72. The van der Waals surface area contributed by atoms with Gasteiger partial charge < -0.3 is 14.8 Å². The van der Waals surface area contributed by atoms with Crippen LogP contribution in [0.25, 0.3) is 0 Å². The molecule has 2 rings (SSSR count). The molecule has 0 saturated heterocycles. The zero-order valence-electron chi connectivity index (χ0n) is 12.6. The molecule has 0 heterocycles. The van der Waals surface area contributed by atoms with Gasteiger partial charge in [0.2, 0.25) is 0 Å². The summed E-state index contributed by atoms with van der Waals surface area (Å²) in [5.41, 5.74) is 0. The predicted molar refractivity (Wildman–Crippen MR) is 82.6 cm³/mol. The zero-order valence-corrected chi connectivity index (χ0v) is 12.6. The van der Waals surface area contributed by atoms with Gasteiger partial charge in [-0.1, -0.05) is 19.8 Å². The van der Waals surface area contributed by atoms with E-state index in [2.05, 4.69) is 12.2 Å². The SMILES string of the molecule is CCCOc1ccc(OCCNCC2CCCC2)cc1. The van der Waals surface area contributed by atoms with Crippen LogP contribution in [0.3, 0.4) is 0 Å². The van der Waals surface area contributed by atoms with Gasteiger partial charge in [0.1, 0.15) is 18.1 Å². The fourth-order valence-electron chi connectivity index (χ4n) is 2.61. The van der Waals surface area contributed by atoms with Crippen molar-refractivity contribution in [2.75, 3.05) is 26.3 Å². The van der Waals surface area contributed by atoms with Crippen molar-refractivity contribution in [3.8, 4) is 11.5 Å². The van der Waals surface area contributed by atoms with Crippen LogP contribution in [0.1, 0.15) is 39.0 Å². The Morgan fingerprint density at radius 1 is 1.00 bits per heavy atom. The Morgan fingerprint density at radius 3 is 2.20 bits per heavy atom. The molecular formula is C17H27NO2. The molecule has 0 spiro atoms. The van der Waals surface area contributed by atoms with E-state index in [1.165, 1.54) is 25.7 Å². The lowest BCUT2D eigenvalue weighted by atomic mass is 10.1. The van der Waals surface area contributed by atoms with E-state index in [0.717, 1.165) is 50.1 Å². The van der Waals surface area contributed by atoms with E-state index in [-0.39, 0.29) is 0 Å². The maximum Gasteiger partial charge on any atom is 0.119 e. The average Bonchev–Trinajstić information content (AvgIpc) is 2.99. The molecule has 1 aromatic rings. The van der Waals surface area contributed by atoms with E-state index >= 15 is 0 Å². The Hall–Kier alpha value is -1.22. The minimum atomic E-state index is 0.724. The van der Waals surface area contributed by atoms with Gasteiger partial charge in [-0.2, -0.15) is 0 Å². The van der Waals surface area contributed by atoms with Crippen LogP contribution in [0.2, 0.25) is 0 Å². The summed E-state index contributed by atoms with van der Waals surface area (Å²) in [6.45, 7) is 5.67. The molecule has 1 saturated carbocycles. The van der Waals surface area contributed by atoms with Crippen molar-refractivity contribution >= 4 is 0 Å². The highest BCUT2D eigenvalue weighted by Gasteiger charge is 2.13. The van der Waals surface area contributed by atoms with Crippen LogP contribution in [-0.4, -0.2) is 26.3 Å². The van der Waals surface area contributed by atoms with Crippen molar-refractivity contribution in [3.63, 3.8) is 0 Å². The molecule has 1 aromatic carbocycles. The number of hydrogen-bond acceptors (Lipinski definition) is 3. The first-order chi connectivity index (χ1) is 9.88. The molecule has 0 unspecified atom stereocenters. The minimum absolute atomic E-state index is 0.724. The molecule has 112 valence electrons. The highest BCUT2D eigenvalue weighted by molar-refractivity contribution is 5.31. The monoisotopic (exact) mass is 277 g/mol. The van der Waals surface area contributed by atoms with Gasteiger partial charge in [0, 0.05) is 6.54 Å². The van der Waals surface area contributed by atoms with E-state index in [1.54, 1.807) is 0 Å². The van der Waals surface area contributed by atoms with Crippen LogP contribution < -0.4 is 14.8 Å². The van der Waals surface area contributed by atoms with Crippen molar-refractivity contribution in [3.05, 3.63) is 24.3 Å². The molecule has 0 bridgehead atoms. The standard InChI is InChI=1S/C17H27NO2/c1-2-12-19-16-7-9-17(10-8-16)20-13-11-18-14-15-5-3-4-6-15/h7-10,15,18H,2-6,11-14H2,1H3. The molecule has 1 aliphatic rings. The molecule has 20 heavy (non-hydrogen) atoms. The third kappa shape index (κ3) is 5.41. The molecule has 3 heteroatoms. The smallest absolute Gasteiger partial charge is 0.119 e. The quantitative estimate of drug-likeness (QED) is 0.699. The summed E-state index contributed by atoms with van der Waals surface area (Å²) in [6.07, 6.45) is 6.65. The molecule has 1 N–H and O–H groups in total. The molecule has 3 nitrogen and oxygen atoms in total. The van der Waals surface area contributed by atoms with Gasteiger partial charge >= 0.3 is 0 Å². The second-order valence-corrected chi connectivity index (χ2v) is 5.52. The first-order valence-corrected chi connectivity index (χ1v) is 7.95. The topological polar surface area (TPSA) is 30.5 Å². The number of nitrogens with one attached hydrogen (secondary N) is 1. The largest absolute Gasteiger partial charge is 0.494 e. The number of hydrogen-bond donors (Lipinski definition) is 1. The Bertz CT molecular complexity index is 358. The summed E-state index contributed by atoms with van der Waals surface area (Å²) in [7, 11) is 0. The molecular weight excluding hydrogens is 250 g/mol. The first kappa shape index (κ1) is 15.2. The van der Waals surface area contributed by atoms with Crippen molar-refractivity contribution in [2.45, 2.75) is 39.0 Å². The van der Waals surface area contributed by atoms with Gasteiger partial charge in [-0.25, -0.2) is 0 Å². The van der Waals surface area contributed by atoms with Crippen LogP contribution in [0.5, 0.6) is 11.5 Å². The second kappa shape index (κ2) is 8.85. The second-order valence-electron chi connectivity index (χ2n) is 5.52. The summed E-state index contributed by atoms with van der Waals surface area (Å²) in [5.74, 6) is 2.72. The van der Waals surface area contributed by atoms with Crippen LogP contribution in [0.15, 0.2) is 24.3 Å². The first-order valence-electron chi connectivity index (χ1n) is 7.95. The van der Waals surface area contributed by atoms with Crippen molar-refractivity contribution in [2.24, 2.45) is 5.92 Å². The lowest BCUT2D eigenvalue weighted by Gasteiger charge is -2.11. The van der Waals surface area contributed by atoms with Crippen LogP contribution in [-0.2, 0) is 0 Å². The van der Waals surface area contributed by atoms with Crippen molar-refractivity contribution in [1.82, 2.24) is 5.32 Å². The number of ether oxygens (including phenoxy) is 2. The normalized spacial score (nSPS) is 15.4. The van der Waals surface area contributed by atoms with Crippen LogP contribution in [0, 0.1) is 5.92 Å². The molecule has 0 aliphatic heterocycles. The average molecular weight is 277 g/mol. The van der Waals surface area contributed by atoms with Gasteiger partial charge in [0.15, 0.2) is 0 Å². The summed E-state index contributed by atoms with van der Waals surface area (Å²) in [5, 5.41) is 3.49. The highest BCUT2D eigenvalue weighted by Crippen LogP contribution is 2.23. The maximum atomic E-state index is 5.71. The Labute approximate surface area is 122 Å². The van der Waals surface area contributed by atoms with E-state index in [4.69, 9.17) is 9.47 Å². The number of benzene rings is 1. The van der Waals surface area contributed by atoms with Gasteiger partial charge in [0.05, 0.1) is 6.61 Å². The highest BCUT2D eigenvalue weighted by atomic mass is 16.5. The fraction of sp³-hybridized carbons (Fsp3) is 0.647. The summed E-state index contributed by atoms with van der Waals surface area (Å²) < 4.78 is 11.3. The summed E-state index contributed by atoms with van der Waals surface area (Å²) >= 11 is 0. The summed E-state index contributed by atoms with van der Waals surface area (Å²) in [4.78, 5) is 0. The number of rotatable bonds is 9. The van der Waals surface area contributed by atoms with Gasteiger partial charge in [0.25, 0.3) is 0 Å². The third-order valence-corrected chi connectivity index (χ3v) is 3.75. The Balaban J connectivity index is 1.56. The van der Waals surface area contributed by atoms with Crippen molar-refractivity contribution < 1.29 is 9.47 Å². The van der Waals surface area contributed by atoms with Gasteiger partial charge in [-0.3, -0.25) is 0 Å². The fourth-order valence-corrected chi connectivity index (χ4v) is 2.61. The van der Waals surface area contributed by atoms with Crippen LogP contribution in [0.4, 0.5) is 0 Å². The molecule has 0 amide bonds. The molecule has 0 radical (unpaired) electrons. The van der Waals surface area contributed by atoms with Gasteiger partial charge in [-0.05, 0) is 56.0 Å². The zero-order chi connectivity index (χ0) is 14.0. The van der Waals surface area contributed by atoms with Crippen LogP contribution >= 0.6 is 0 Å². The minimum Gasteiger partial charge on any atom is -0.494 e. The Morgan fingerprint density at radius 2 is 1.60 bits per heavy atom. The lowest BCUT2D eigenvalue weighted by molar-refractivity contribution is 0.304. The van der Waals surface area contributed by atoms with Gasteiger partial charge in [-0.15, -0.1) is 0 Å². The molecule has 0 atom stereocenters. The predicted octanol–water partition coefficient (Wildman–Crippen LogP) is 3.63. The third-order valence-electron chi connectivity index (χ3n) is 3.75.